The highest BCUT2D eigenvalue weighted by Crippen LogP contribution is 2.12. The van der Waals surface area contributed by atoms with Gasteiger partial charge >= 0.3 is 0 Å². The predicted octanol–water partition coefficient (Wildman–Crippen LogP) is 0.526. The summed E-state index contributed by atoms with van der Waals surface area (Å²) in [6, 6.07) is 1.70. The lowest BCUT2D eigenvalue weighted by molar-refractivity contribution is -0.133. The highest BCUT2D eigenvalue weighted by molar-refractivity contribution is 7.16. The quantitative estimate of drug-likeness (QED) is 0.806. The second kappa shape index (κ2) is 5.07. The lowest BCUT2D eigenvalue weighted by atomic mass is 10.4. The number of rotatable bonds is 4. The van der Waals surface area contributed by atoms with Crippen molar-refractivity contribution >= 4 is 27.5 Å². The SMILES string of the molecule is CCONC(=O)Cn1cnc2sccc2c1=O. The molecular weight excluding hydrogens is 242 g/mol. The number of aromatic nitrogens is 2. The van der Waals surface area contributed by atoms with E-state index in [0.29, 0.717) is 16.8 Å². The zero-order chi connectivity index (χ0) is 12.3. The molecule has 0 saturated carbocycles. The molecule has 0 aromatic carbocycles. The minimum absolute atomic E-state index is 0.0996. The molecule has 2 heterocycles. The molecule has 7 heteroatoms. The van der Waals surface area contributed by atoms with Crippen molar-refractivity contribution in [3.8, 4) is 0 Å². The fourth-order valence-electron chi connectivity index (χ4n) is 1.35. The number of hydrogen-bond donors (Lipinski definition) is 1. The van der Waals surface area contributed by atoms with Crippen molar-refractivity contribution in [2.75, 3.05) is 6.61 Å². The summed E-state index contributed by atoms with van der Waals surface area (Å²) in [5.74, 6) is -0.384. The molecule has 0 aliphatic carbocycles. The van der Waals surface area contributed by atoms with Crippen LogP contribution in [0.2, 0.25) is 0 Å². The molecule has 1 N–H and O–H groups in total. The molecule has 6 nitrogen and oxygen atoms in total. The second-order valence-electron chi connectivity index (χ2n) is 3.28. The van der Waals surface area contributed by atoms with Gasteiger partial charge in [0.25, 0.3) is 11.5 Å². The Balaban J connectivity index is 2.21. The summed E-state index contributed by atoms with van der Waals surface area (Å²) < 4.78 is 1.25. The van der Waals surface area contributed by atoms with E-state index in [4.69, 9.17) is 4.84 Å². The van der Waals surface area contributed by atoms with Crippen LogP contribution >= 0.6 is 11.3 Å². The fraction of sp³-hybridized carbons (Fsp3) is 0.300. The molecule has 0 atom stereocenters. The van der Waals surface area contributed by atoms with Gasteiger partial charge in [0.1, 0.15) is 11.4 Å². The van der Waals surface area contributed by atoms with Crippen molar-refractivity contribution in [3.63, 3.8) is 0 Å². The van der Waals surface area contributed by atoms with Gasteiger partial charge in [-0.3, -0.25) is 19.0 Å². The Hall–Kier alpha value is -1.73. The molecule has 0 saturated heterocycles. The Morgan fingerprint density at radius 2 is 2.47 bits per heavy atom. The first-order valence-corrected chi connectivity index (χ1v) is 5.93. The molecule has 2 rings (SSSR count). The number of nitrogens with one attached hydrogen (secondary N) is 1. The van der Waals surface area contributed by atoms with Gasteiger partial charge in [0, 0.05) is 0 Å². The van der Waals surface area contributed by atoms with Crippen LogP contribution < -0.4 is 11.0 Å². The molecule has 0 radical (unpaired) electrons. The number of hydroxylamine groups is 1. The van der Waals surface area contributed by atoms with Gasteiger partial charge in [0.15, 0.2) is 0 Å². The van der Waals surface area contributed by atoms with E-state index < -0.39 is 0 Å². The molecule has 2 aromatic heterocycles. The van der Waals surface area contributed by atoms with E-state index in [-0.39, 0.29) is 18.0 Å². The highest BCUT2D eigenvalue weighted by Gasteiger charge is 2.08. The van der Waals surface area contributed by atoms with E-state index in [1.54, 1.807) is 18.4 Å². The van der Waals surface area contributed by atoms with Gasteiger partial charge in [-0.1, -0.05) is 0 Å². The molecule has 1 amide bonds. The molecule has 0 fully saturated rings. The van der Waals surface area contributed by atoms with Gasteiger partial charge < -0.3 is 0 Å². The van der Waals surface area contributed by atoms with Crippen LogP contribution in [0.1, 0.15) is 6.92 Å². The maximum atomic E-state index is 11.9. The Morgan fingerprint density at radius 3 is 3.24 bits per heavy atom. The van der Waals surface area contributed by atoms with Gasteiger partial charge in [-0.05, 0) is 18.4 Å². The van der Waals surface area contributed by atoms with Crippen LogP contribution in [0.3, 0.4) is 0 Å². The molecule has 17 heavy (non-hydrogen) atoms. The average Bonchev–Trinajstić information content (AvgIpc) is 2.79. The third-order valence-corrected chi connectivity index (χ3v) is 2.92. The van der Waals surface area contributed by atoms with E-state index in [0.717, 1.165) is 0 Å². The van der Waals surface area contributed by atoms with Crippen LogP contribution in [0, 0.1) is 0 Å². The fourth-order valence-corrected chi connectivity index (χ4v) is 2.07. The molecule has 0 aliphatic rings. The third-order valence-electron chi connectivity index (χ3n) is 2.09. The van der Waals surface area contributed by atoms with Crippen molar-refractivity contribution in [1.82, 2.24) is 15.0 Å². The normalized spacial score (nSPS) is 10.6. The lowest BCUT2D eigenvalue weighted by Gasteiger charge is -2.05. The van der Waals surface area contributed by atoms with Crippen LogP contribution in [-0.4, -0.2) is 22.1 Å². The van der Waals surface area contributed by atoms with Crippen molar-refractivity contribution < 1.29 is 9.63 Å². The summed E-state index contributed by atoms with van der Waals surface area (Å²) >= 11 is 1.39. The van der Waals surface area contributed by atoms with Crippen LogP contribution in [-0.2, 0) is 16.2 Å². The van der Waals surface area contributed by atoms with Crippen LogP contribution in [0.5, 0.6) is 0 Å². The average molecular weight is 253 g/mol. The number of carbonyl (C=O) groups is 1. The van der Waals surface area contributed by atoms with E-state index in [2.05, 4.69) is 10.5 Å². The summed E-state index contributed by atoms with van der Waals surface area (Å²) in [5.41, 5.74) is 2.01. The first kappa shape index (κ1) is 11.7. The Morgan fingerprint density at radius 1 is 1.65 bits per heavy atom. The monoisotopic (exact) mass is 253 g/mol. The standard InChI is InChI=1S/C10H11N3O3S/c1-2-16-12-8(14)5-13-6-11-9-7(10(13)15)3-4-17-9/h3-4,6H,2,5H2,1H3,(H,12,14). The zero-order valence-electron chi connectivity index (χ0n) is 9.17. The summed E-state index contributed by atoms with van der Waals surface area (Å²) in [4.78, 5) is 32.8. The minimum atomic E-state index is -0.384. The number of thiophene rings is 1. The molecule has 0 unspecified atom stereocenters. The number of nitrogens with zero attached hydrogens (tertiary/aromatic N) is 2. The van der Waals surface area contributed by atoms with Gasteiger partial charge in [-0.2, -0.15) is 0 Å². The van der Waals surface area contributed by atoms with E-state index in [9.17, 15) is 9.59 Å². The lowest BCUT2D eigenvalue weighted by Crippen LogP contribution is -2.32. The number of carbonyl (C=O) groups excluding carboxylic acids is 1. The Labute approximate surface area is 101 Å². The van der Waals surface area contributed by atoms with Gasteiger partial charge in [-0.15, -0.1) is 11.3 Å². The number of fused-ring (bicyclic) bond motifs is 1. The van der Waals surface area contributed by atoms with Crippen LogP contribution in [0.25, 0.3) is 10.2 Å². The first-order chi connectivity index (χ1) is 8.22. The summed E-state index contributed by atoms with van der Waals surface area (Å²) in [6.45, 7) is 2.03. The highest BCUT2D eigenvalue weighted by atomic mass is 32.1. The van der Waals surface area contributed by atoms with Crippen molar-refractivity contribution in [3.05, 3.63) is 28.1 Å². The van der Waals surface area contributed by atoms with Gasteiger partial charge in [-0.25, -0.2) is 10.5 Å². The van der Waals surface area contributed by atoms with Gasteiger partial charge in [0.2, 0.25) is 0 Å². The van der Waals surface area contributed by atoms with Crippen LogP contribution in [0.4, 0.5) is 0 Å². The Kier molecular flexibility index (Phi) is 3.50. The zero-order valence-corrected chi connectivity index (χ0v) is 9.99. The molecule has 90 valence electrons. The summed E-state index contributed by atoms with van der Waals surface area (Å²) in [5, 5.41) is 2.32. The maximum absolute atomic E-state index is 11.9. The number of hydrogen-bond acceptors (Lipinski definition) is 5. The summed E-state index contributed by atoms with van der Waals surface area (Å²) in [6.07, 6.45) is 1.37. The van der Waals surface area contributed by atoms with Crippen molar-refractivity contribution in [2.45, 2.75) is 13.5 Å². The third kappa shape index (κ3) is 2.51. The van der Waals surface area contributed by atoms with E-state index >= 15 is 0 Å². The molecule has 0 bridgehead atoms. The largest absolute Gasteiger partial charge is 0.289 e. The second-order valence-corrected chi connectivity index (χ2v) is 4.17. The van der Waals surface area contributed by atoms with E-state index in [1.165, 1.54) is 22.2 Å². The molecule has 0 aliphatic heterocycles. The smallest absolute Gasteiger partial charge is 0.263 e. The molecule has 2 aromatic rings. The first-order valence-electron chi connectivity index (χ1n) is 5.05. The molecular formula is C10H11N3O3S. The van der Waals surface area contributed by atoms with Crippen LogP contribution in [0.15, 0.2) is 22.6 Å². The topological polar surface area (TPSA) is 73.2 Å². The minimum Gasteiger partial charge on any atom is -0.289 e. The number of amides is 1. The van der Waals surface area contributed by atoms with Gasteiger partial charge in [0.05, 0.1) is 18.3 Å². The predicted molar refractivity (Wildman–Crippen MR) is 63.6 cm³/mol. The Bertz CT molecular complexity index is 590. The van der Waals surface area contributed by atoms with E-state index in [1.807, 2.05) is 0 Å². The summed E-state index contributed by atoms with van der Waals surface area (Å²) in [7, 11) is 0. The maximum Gasteiger partial charge on any atom is 0.263 e. The van der Waals surface area contributed by atoms with Crippen molar-refractivity contribution in [1.29, 1.82) is 0 Å². The van der Waals surface area contributed by atoms with Crippen molar-refractivity contribution in [2.24, 2.45) is 0 Å². The molecule has 0 spiro atoms.